The van der Waals surface area contributed by atoms with Gasteiger partial charge < -0.3 is 5.11 Å². The Kier molecular flexibility index (Phi) is 3.08. The van der Waals surface area contributed by atoms with Gasteiger partial charge in [-0.05, 0) is 25.5 Å². The van der Waals surface area contributed by atoms with Crippen molar-refractivity contribution < 1.29 is 10.0 Å². The Morgan fingerprint density at radius 2 is 2.14 bits per heavy atom. The molecule has 76 valence electrons. The average molecular weight is 216 g/mol. The van der Waals surface area contributed by atoms with Gasteiger partial charge in [0.1, 0.15) is 0 Å². The zero-order chi connectivity index (χ0) is 10.9. The van der Waals surface area contributed by atoms with E-state index in [0.717, 1.165) is 0 Å². The van der Waals surface area contributed by atoms with Crippen molar-refractivity contribution in [3.8, 4) is 0 Å². The highest BCUT2D eigenvalue weighted by Crippen LogP contribution is 2.29. The van der Waals surface area contributed by atoms with Crippen LogP contribution in [0.4, 0.5) is 5.69 Å². The Balaban J connectivity index is 3.40. The standard InChI is InChI=1S/C9H10ClNO3/c1-5-8(6(2)12)3-7(10)4-9(5)11(13)14/h3-4,6,12H,1-2H3. The van der Waals surface area contributed by atoms with Crippen LogP contribution in [0.15, 0.2) is 12.1 Å². The molecule has 0 spiro atoms. The first-order valence-corrected chi connectivity index (χ1v) is 4.43. The van der Waals surface area contributed by atoms with E-state index < -0.39 is 11.0 Å². The molecule has 1 unspecified atom stereocenters. The zero-order valence-corrected chi connectivity index (χ0v) is 8.58. The van der Waals surface area contributed by atoms with Crippen LogP contribution in [0, 0.1) is 17.0 Å². The molecule has 0 fully saturated rings. The molecule has 1 rings (SSSR count). The first kappa shape index (κ1) is 10.9. The van der Waals surface area contributed by atoms with E-state index >= 15 is 0 Å². The predicted octanol–water partition coefficient (Wildman–Crippen LogP) is 2.61. The molecule has 0 saturated heterocycles. The molecule has 0 aliphatic carbocycles. The van der Waals surface area contributed by atoms with Gasteiger partial charge in [-0.25, -0.2) is 0 Å². The lowest BCUT2D eigenvalue weighted by Gasteiger charge is -2.09. The third kappa shape index (κ3) is 2.02. The molecule has 0 heterocycles. The molecule has 0 aliphatic heterocycles. The molecule has 0 aliphatic rings. The van der Waals surface area contributed by atoms with Crippen LogP contribution >= 0.6 is 11.6 Å². The summed E-state index contributed by atoms with van der Waals surface area (Å²) in [5.74, 6) is 0. The number of nitro groups is 1. The maximum absolute atomic E-state index is 10.6. The normalized spacial score (nSPS) is 12.6. The molecule has 1 aromatic carbocycles. The lowest BCUT2D eigenvalue weighted by molar-refractivity contribution is -0.385. The average Bonchev–Trinajstić information content (AvgIpc) is 2.07. The molecule has 5 heteroatoms. The van der Waals surface area contributed by atoms with E-state index in [1.165, 1.54) is 12.1 Å². The summed E-state index contributed by atoms with van der Waals surface area (Å²) in [6, 6.07) is 2.82. The van der Waals surface area contributed by atoms with Gasteiger partial charge in [-0.15, -0.1) is 0 Å². The van der Waals surface area contributed by atoms with Gasteiger partial charge in [0, 0.05) is 16.7 Å². The Morgan fingerprint density at radius 1 is 1.57 bits per heavy atom. The van der Waals surface area contributed by atoms with Crippen molar-refractivity contribution in [2.24, 2.45) is 0 Å². The number of hydrogen-bond acceptors (Lipinski definition) is 3. The fourth-order valence-corrected chi connectivity index (χ4v) is 1.53. The minimum atomic E-state index is -0.757. The smallest absolute Gasteiger partial charge is 0.274 e. The van der Waals surface area contributed by atoms with Crippen molar-refractivity contribution in [2.75, 3.05) is 0 Å². The summed E-state index contributed by atoms with van der Waals surface area (Å²) in [7, 11) is 0. The van der Waals surface area contributed by atoms with Crippen LogP contribution in [0.3, 0.4) is 0 Å². The molecule has 0 aromatic heterocycles. The minimum absolute atomic E-state index is 0.0617. The van der Waals surface area contributed by atoms with E-state index in [0.29, 0.717) is 11.1 Å². The van der Waals surface area contributed by atoms with Crippen LogP contribution in [0.2, 0.25) is 5.02 Å². The number of aliphatic hydroxyl groups excluding tert-OH is 1. The third-order valence-corrected chi connectivity index (χ3v) is 2.25. The molecular weight excluding hydrogens is 206 g/mol. The van der Waals surface area contributed by atoms with Crippen LogP contribution in [0.25, 0.3) is 0 Å². The fraction of sp³-hybridized carbons (Fsp3) is 0.333. The van der Waals surface area contributed by atoms with Gasteiger partial charge in [-0.1, -0.05) is 11.6 Å². The summed E-state index contributed by atoms with van der Waals surface area (Å²) in [5.41, 5.74) is 0.881. The highest BCUT2D eigenvalue weighted by atomic mass is 35.5. The van der Waals surface area contributed by atoms with E-state index in [1.807, 2.05) is 0 Å². The number of benzene rings is 1. The zero-order valence-electron chi connectivity index (χ0n) is 7.82. The molecule has 0 amide bonds. The topological polar surface area (TPSA) is 63.4 Å². The van der Waals surface area contributed by atoms with Crippen molar-refractivity contribution in [3.63, 3.8) is 0 Å². The Bertz CT molecular complexity index is 377. The third-order valence-electron chi connectivity index (χ3n) is 2.03. The second kappa shape index (κ2) is 3.94. The molecular formula is C9H10ClNO3. The van der Waals surface area contributed by atoms with Crippen LogP contribution in [-0.4, -0.2) is 10.0 Å². The van der Waals surface area contributed by atoms with E-state index in [2.05, 4.69) is 0 Å². The summed E-state index contributed by atoms with van der Waals surface area (Å²) in [4.78, 5) is 10.1. The van der Waals surface area contributed by atoms with Crippen molar-refractivity contribution >= 4 is 17.3 Å². The summed E-state index contributed by atoms with van der Waals surface area (Å²) in [5, 5.41) is 20.2. The van der Waals surface area contributed by atoms with Crippen LogP contribution in [0.1, 0.15) is 24.2 Å². The lowest BCUT2D eigenvalue weighted by atomic mass is 10.0. The van der Waals surface area contributed by atoms with Gasteiger partial charge in [0.05, 0.1) is 11.0 Å². The summed E-state index contributed by atoms with van der Waals surface area (Å²) >= 11 is 5.69. The molecule has 4 nitrogen and oxygen atoms in total. The molecule has 1 aromatic rings. The largest absolute Gasteiger partial charge is 0.389 e. The fourth-order valence-electron chi connectivity index (χ4n) is 1.31. The van der Waals surface area contributed by atoms with Gasteiger partial charge in [0.2, 0.25) is 0 Å². The van der Waals surface area contributed by atoms with E-state index in [9.17, 15) is 15.2 Å². The van der Waals surface area contributed by atoms with Crippen LogP contribution < -0.4 is 0 Å². The number of halogens is 1. The first-order valence-electron chi connectivity index (χ1n) is 4.06. The van der Waals surface area contributed by atoms with E-state index in [1.54, 1.807) is 13.8 Å². The second-order valence-electron chi connectivity index (χ2n) is 3.07. The monoisotopic (exact) mass is 215 g/mol. The maximum atomic E-state index is 10.6. The number of rotatable bonds is 2. The Labute approximate surface area is 86.3 Å². The van der Waals surface area contributed by atoms with Gasteiger partial charge in [-0.2, -0.15) is 0 Å². The van der Waals surface area contributed by atoms with Crippen molar-refractivity contribution in [1.82, 2.24) is 0 Å². The maximum Gasteiger partial charge on any atom is 0.274 e. The number of hydrogen-bond donors (Lipinski definition) is 1. The van der Waals surface area contributed by atoms with Crippen LogP contribution in [0.5, 0.6) is 0 Å². The Morgan fingerprint density at radius 3 is 2.57 bits per heavy atom. The Hall–Kier alpha value is -1.13. The summed E-state index contributed by atoms with van der Waals surface area (Å²) in [6.45, 7) is 3.14. The molecule has 0 saturated carbocycles. The van der Waals surface area contributed by atoms with E-state index in [4.69, 9.17) is 11.6 Å². The van der Waals surface area contributed by atoms with E-state index in [-0.39, 0.29) is 10.7 Å². The quantitative estimate of drug-likeness (QED) is 0.609. The highest BCUT2D eigenvalue weighted by Gasteiger charge is 2.17. The molecule has 1 N–H and O–H groups in total. The molecule has 0 bridgehead atoms. The number of aliphatic hydroxyl groups is 1. The van der Waals surface area contributed by atoms with Crippen molar-refractivity contribution in [3.05, 3.63) is 38.4 Å². The minimum Gasteiger partial charge on any atom is -0.389 e. The number of nitro benzene ring substituents is 1. The van der Waals surface area contributed by atoms with Gasteiger partial charge in [0.25, 0.3) is 5.69 Å². The van der Waals surface area contributed by atoms with Gasteiger partial charge >= 0.3 is 0 Å². The molecule has 1 atom stereocenters. The second-order valence-corrected chi connectivity index (χ2v) is 3.51. The lowest BCUT2D eigenvalue weighted by Crippen LogP contribution is -1.99. The SMILES string of the molecule is Cc1c(C(C)O)cc(Cl)cc1[N+](=O)[O-]. The van der Waals surface area contributed by atoms with Gasteiger partial charge in [0.15, 0.2) is 0 Å². The molecule has 0 radical (unpaired) electrons. The summed E-state index contributed by atoms with van der Waals surface area (Å²) < 4.78 is 0. The van der Waals surface area contributed by atoms with Gasteiger partial charge in [-0.3, -0.25) is 10.1 Å². The van der Waals surface area contributed by atoms with Crippen LogP contribution in [-0.2, 0) is 0 Å². The highest BCUT2D eigenvalue weighted by molar-refractivity contribution is 6.30. The van der Waals surface area contributed by atoms with Crippen molar-refractivity contribution in [1.29, 1.82) is 0 Å². The predicted molar refractivity (Wildman–Crippen MR) is 53.5 cm³/mol. The molecule has 14 heavy (non-hydrogen) atoms. The first-order chi connectivity index (χ1) is 6.43. The summed E-state index contributed by atoms with van der Waals surface area (Å²) in [6.07, 6.45) is -0.757. The number of nitrogens with zero attached hydrogens (tertiary/aromatic N) is 1. The van der Waals surface area contributed by atoms with Crippen molar-refractivity contribution in [2.45, 2.75) is 20.0 Å².